The fraction of sp³-hybridized carbons (Fsp3) is 0.296. The summed E-state index contributed by atoms with van der Waals surface area (Å²) < 4.78 is 0. The molecule has 178 valence electrons. The highest BCUT2D eigenvalue weighted by Crippen LogP contribution is 2.36. The summed E-state index contributed by atoms with van der Waals surface area (Å²) in [5.41, 5.74) is 12.9. The average molecular weight is 478 g/mol. The van der Waals surface area contributed by atoms with Gasteiger partial charge in [0.25, 0.3) is 0 Å². The van der Waals surface area contributed by atoms with E-state index in [-0.39, 0.29) is 6.54 Å². The number of pyridine rings is 1. The van der Waals surface area contributed by atoms with Gasteiger partial charge in [0.15, 0.2) is 0 Å². The molecule has 0 bridgehead atoms. The molecular formula is C27H31N3O3S. The van der Waals surface area contributed by atoms with E-state index in [1.54, 1.807) is 23.9 Å². The monoisotopic (exact) mass is 477 g/mol. The quantitative estimate of drug-likeness (QED) is 0.342. The first-order chi connectivity index (χ1) is 16.2. The molecule has 4 N–H and O–H groups in total. The van der Waals surface area contributed by atoms with Crippen LogP contribution < -0.4 is 11.1 Å². The van der Waals surface area contributed by atoms with Crippen LogP contribution in [0.3, 0.4) is 0 Å². The van der Waals surface area contributed by atoms with Gasteiger partial charge in [-0.1, -0.05) is 43.7 Å². The van der Waals surface area contributed by atoms with Crippen molar-refractivity contribution in [1.82, 2.24) is 10.3 Å². The van der Waals surface area contributed by atoms with Gasteiger partial charge in [-0.05, 0) is 67.1 Å². The van der Waals surface area contributed by atoms with Crippen molar-refractivity contribution in [1.29, 1.82) is 0 Å². The van der Waals surface area contributed by atoms with Crippen LogP contribution in [0, 0.1) is 19.8 Å². The number of thioether (sulfide) groups is 1. The molecule has 0 unspecified atom stereocenters. The molecule has 34 heavy (non-hydrogen) atoms. The van der Waals surface area contributed by atoms with Crippen LogP contribution in [0.25, 0.3) is 11.1 Å². The van der Waals surface area contributed by atoms with Crippen molar-refractivity contribution in [2.75, 3.05) is 0 Å². The molecule has 3 aromatic rings. The summed E-state index contributed by atoms with van der Waals surface area (Å²) in [4.78, 5) is 28.7. The number of hydrogen-bond acceptors (Lipinski definition) is 4. The van der Waals surface area contributed by atoms with Crippen molar-refractivity contribution >= 4 is 23.8 Å². The first kappa shape index (κ1) is 25.3. The molecule has 0 saturated carbocycles. The lowest BCUT2D eigenvalue weighted by Crippen LogP contribution is -2.23. The molecule has 0 fully saturated rings. The Bertz CT molecular complexity index is 1170. The van der Waals surface area contributed by atoms with E-state index in [0.29, 0.717) is 17.2 Å². The van der Waals surface area contributed by atoms with E-state index in [2.05, 4.69) is 43.4 Å². The number of nitrogens with zero attached hydrogens (tertiary/aromatic N) is 1. The first-order valence-corrected chi connectivity index (χ1v) is 12.2. The summed E-state index contributed by atoms with van der Waals surface area (Å²) in [6, 6.07) is 15.5. The van der Waals surface area contributed by atoms with Crippen molar-refractivity contribution in [2.45, 2.75) is 51.3 Å². The van der Waals surface area contributed by atoms with Crippen LogP contribution in [-0.4, -0.2) is 22.1 Å². The second-order valence-corrected chi connectivity index (χ2v) is 9.82. The number of hydrogen-bond donors (Lipinski definition) is 3. The summed E-state index contributed by atoms with van der Waals surface area (Å²) in [5.74, 6) is 0.583. The van der Waals surface area contributed by atoms with Crippen molar-refractivity contribution in [2.24, 2.45) is 11.7 Å². The van der Waals surface area contributed by atoms with E-state index in [4.69, 9.17) is 10.7 Å². The smallest absolute Gasteiger partial charge is 0.404 e. The lowest BCUT2D eigenvalue weighted by atomic mass is 9.90. The molecule has 1 heterocycles. The number of benzene rings is 2. The van der Waals surface area contributed by atoms with E-state index in [1.807, 2.05) is 26.0 Å². The van der Waals surface area contributed by atoms with Crippen LogP contribution >= 0.6 is 11.8 Å². The maximum Gasteiger partial charge on any atom is 0.404 e. The Kier molecular flexibility index (Phi) is 8.34. The number of primary amides is 1. The largest absolute Gasteiger partial charge is 0.465 e. The molecule has 0 radical (unpaired) electrons. The van der Waals surface area contributed by atoms with Gasteiger partial charge in [-0.15, -0.1) is 11.8 Å². The van der Waals surface area contributed by atoms with Gasteiger partial charge in [0.05, 0.1) is 0 Å². The number of carbonyl (C=O) groups is 2. The predicted octanol–water partition coefficient (Wildman–Crippen LogP) is 5.72. The van der Waals surface area contributed by atoms with Crippen LogP contribution in [0.15, 0.2) is 53.4 Å². The molecule has 0 atom stereocenters. The molecular weight excluding hydrogens is 446 g/mol. The maximum atomic E-state index is 11.4. The van der Waals surface area contributed by atoms with Gasteiger partial charge in [-0.3, -0.25) is 9.78 Å². The summed E-state index contributed by atoms with van der Waals surface area (Å²) in [5, 5.41) is 11.9. The lowest BCUT2D eigenvalue weighted by Gasteiger charge is -2.22. The number of aromatic nitrogens is 1. The second kappa shape index (κ2) is 11.2. The zero-order valence-electron chi connectivity index (χ0n) is 20.0. The van der Waals surface area contributed by atoms with Gasteiger partial charge >= 0.3 is 6.09 Å². The van der Waals surface area contributed by atoms with E-state index in [9.17, 15) is 14.7 Å². The molecule has 0 aliphatic rings. The Balaban J connectivity index is 2.10. The Hall–Kier alpha value is -3.32. The number of aryl methyl sites for hydroxylation is 2. The molecule has 2 aromatic carbocycles. The Morgan fingerprint density at radius 2 is 1.68 bits per heavy atom. The summed E-state index contributed by atoms with van der Waals surface area (Å²) in [6.45, 7) is 8.53. The number of carbonyl (C=O) groups excluding carboxylic acids is 1. The average Bonchev–Trinajstić information content (AvgIpc) is 2.77. The number of nitrogens with two attached hydrogens (primary N) is 1. The predicted molar refractivity (Wildman–Crippen MR) is 137 cm³/mol. The SMILES string of the molecule is Cc1ccc(-c2c(CSc3ccc(C(N)=O)cc3)c(C)nc(CC(C)C)c2CNC(=O)O)cc1. The van der Waals surface area contributed by atoms with E-state index >= 15 is 0 Å². The van der Waals surface area contributed by atoms with Crippen LogP contribution in [0.1, 0.15) is 52.3 Å². The number of rotatable bonds is 9. The fourth-order valence-electron chi connectivity index (χ4n) is 3.87. The highest BCUT2D eigenvalue weighted by Gasteiger charge is 2.21. The zero-order chi connectivity index (χ0) is 24.8. The van der Waals surface area contributed by atoms with Gasteiger partial charge in [0.2, 0.25) is 5.91 Å². The molecule has 2 amide bonds. The molecule has 6 nitrogen and oxygen atoms in total. The molecule has 0 aliphatic heterocycles. The minimum absolute atomic E-state index is 0.193. The van der Waals surface area contributed by atoms with Gasteiger partial charge in [0.1, 0.15) is 0 Å². The van der Waals surface area contributed by atoms with E-state index in [0.717, 1.165) is 50.5 Å². The van der Waals surface area contributed by atoms with Crippen molar-refractivity contribution in [3.63, 3.8) is 0 Å². The number of carboxylic acid groups (broad SMARTS) is 1. The van der Waals surface area contributed by atoms with Crippen molar-refractivity contribution in [3.05, 3.63) is 82.2 Å². The minimum Gasteiger partial charge on any atom is -0.465 e. The third-order valence-corrected chi connectivity index (χ3v) is 6.61. The molecule has 0 spiro atoms. The maximum absolute atomic E-state index is 11.4. The minimum atomic E-state index is -1.06. The third-order valence-electron chi connectivity index (χ3n) is 5.57. The number of amides is 2. The third kappa shape index (κ3) is 6.38. The molecule has 1 aromatic heterocycles. The highest BCUT2D eigenvalue weighted by atomic mass is 32.2. The molecule has 0 aliphatic carbocycles. The van der Waals surface area contributed by atoms with Crippen molar-refractivity contribution in [3.8, 4) is 11.1 Å². The Labute approximate surface area is 205 Å². The van der Waals surface area contributed by atoms with Crippen LogP contribution in [0.5, 0.6) is 0 Å². The Morgan fingerprint density at radius 1 is 1.03 bits per heavy atom. The molecule has 3 rings (SSSR count). The van der Waals surface area contributed by atoms with E-state index < -0.39 is 12.0 Å². The van der Waals surface area contributed by atoms with Gasteiger partial charge in [0, 0.05) is 39.7 Å². The topological polar surface area (TPSA) is 105 Å². The second-order valence-electron chi connectivity index (χ2n) is 8.78. The zero-order valence-corrected chi connectivity index (χ0v) is 20.8. The molecule has 7 heteroatoms. The normalized spacial score (nSPS) is 11.0. The van der Waals surface area contributed by atoms with Crippen LogP contribution in [-0.2, 0) is 18.7 Å². The molecule has 0 saturated heterocycles. The van der Waals surface area contributed by atoms with Gasteiger partial charge in [-0.2, -0.15) is 0 Å². The fourth-order valence-corrected chi connectivity index (χ4v) is 4.86. The van der Waals surface area contributed by atoms with Crippen LogP contribution in [0.2, 0.25) is 0 Å². The first-order valence-electron chi connectivity index (χ1n) is 11.2. The van der Waals surface area contributed by atoms with E-state index in [1.165, 1.54) is 0 Å². The number of nitrogens with one attached hydrogen (secondary N) is 1. The standard InChI is InChI=1S/C27H31N3O3S/c1-16(2)13-24-22(14-29-27(32)33)25(19-7-5-17(3)6-8-19)23(18(4)30-24)15-34-21-11-9-20(10-12-21)26(28)31/h5-12,16,29H,13-15H2,1-4H3,(H2,28,31)(H,32,33). The summed E-state index contributed by atoms with van der Waals surface area (Å²) in [6.07, 6.45) is -0.297. The lowest BCUT2D eigenvalue weighted by molar-refractivity contribution is 0.1000. The highest BCUT2D eigenvalue weighted by molar-refractivity contribution is 7.98. The summed E-state index contributed by atoms with van der Waals surface area (Å²) >= 11 is 1.64. The van der Waals surface area contributed by atoms with Crippen molar-refractivity contribution < 1.29 is 14.7 Å². The van der Waals surface area contributed by atoms with Gasteiger partial charge < -0.3 is 16.2 Å². The Morgan fingerprint density at radius 3 is 2.24 bits per heavy atom. The van der Waals surface area contributed by atoms with Crippen LogP contribution in [0.4, 0.5) is 4.79 Å². The van der Waals surface area contributed by atoms with Gasteiger partial charge in [-0.25, -0.2) is 4.79 Å². The summed E-state index contributed by atoms with van der Waals surface area (Å²) in [7, 11) is 0.